The molecule has 136 valence electrons. The highest BCUT2D eigenvalue weighted by Crippen LogP contribution is 2.34. The van der Waals surface area contributed by atoms with Crippen LogP contribution in [0, 0.1) is 12.8 Å². The van der Waals surface area contributed by atoms with E-state index in [2.05, 4.69) is 10.6 Å². The largest absolute Gasteiger partial charge is 0.467 e. The van der Waals surface area contributed by atoms with Crippen molar-refractivity contribution in [3.63, 3.8) is 0 Å². The molecule has 0 bridgehead atoms. The maximum Gasteiger partial charge on any atom is 0.331 e. The Morgan fingerprint density at radius 1 is 1.20 bits per heavy atom. The van der Waals surface area contributed by atoms with Crippen LogP contribution in [0.4, 0.5) is 5.00 Å². The lowest BCUT2D eigenvalue weighted by atomic mass is 9.81. The Balaban J connectivity index is 1.74. The van der Waals surface area contributed by atoms with Crippen molar-refractivity contribution < 1.29 is 19.1 Å². The molecule has 2 aliphatic rings. The topological polar surface area (TPSA) is 84.5 Å². The fourth-order valence-electron chi connectivity index (χ4n) is 3.34. The van der Waals surface area contributed by atoms with Crippen molar-refractivity contribution in [2.24, 2.45) is 5.92 Å². The molecule has 1 heterocycles. The van der Waals surface area contributed by atoms with Gasteiger partial charge in [-0.1, -0.05) is 19.3 Å². The zero-order chi connectivity index (χ0) is 18.0. The van der Waals surface area contributed by atoms with Gasteiger partial charge in [0.15, 0.2) is 0 Å². The second-order valence-corrected chi connectivity index (χ2v) is 8.03. The normalized spacial score (nSPS) is 19.1. The SMILES string of the molecule is COC(=O)C1(NC(=O)c2sc(NC(=O)C3CC3)cc2C)CCCCC1. The number of esters is 1. The van der Waals surface area contributed by atoms with E-state index in [1.165, 1.54) is 18.4 Å². The predicted molar refractivity (Wildman–Crippen MR) is 95.7 cm³/mol. The molecule has 2 amide bonds. The van der Waals surface area contributed by atoms with E-state index in [9.17, 15) is 14.4 Å². The Labute approximate surface area is 151 Å². The average Bonchev–Trinajstić information content (AvgIpc) is 3.38. The number of thiophene rings is 1. The van der Waals surface area contributed by atoms with Gasteiger partial charge in [0.1, 0.15) is 5.54 Å². The quantitative estimate of drug-likeness (QED) is 0.787. The molecule has 25 heavy (non-hydrogen) atoms. The number of rotatable bonds is 5. The van der Waals surface area contributed by atoms with Gasteiger partial charge in [0.05, 0.1) is 17.0 Å². The van der Waals surface area contributed by atoms with Gasteiger partial charge in [-0.15, -0.1) is 11.3 Å². The zero-order valence-electron chi connectivity index (χ0n) is 14.6. The van der Waals surface area contributed by atoms with E-state index in [4.69, 9.17) is 4.74 Å². The van der Waals surface area contributed by atoms with Crippen LogP contribution in [-0.4, -0.2) is 30.4 Å². The Kier molecular flexibility index (Phi) is 5.13. The first-order chi connectivity index (χ1) is 11.9. The molecule has 0 radical (unpaired) electrons. The second-order valence-electron chi connectivity index (χ2n) is 6.97. The first-order valence-electron chi connectivity index (χ1n) is 8.77. The van der Waals surface area contributed by atoms with Gasteiger partial charge >= 0.3 is 5.97 Å². The number of anilines is 1. The first kappa shape index (κ1) is 17.9. The van der Waals surface area contributed by atoms with Crippen molar-refractivity contribution >= 4 is 34.1 Å². The maximum absolute atomic E-state index is 12.8. The molecule has 0 unspecified atom stereocenters. The summed E-state index contributed by atoms with van der Waals surface area (Å²) in [5, 5.41) is 6.48. The third kappa shape index (κ3) is 3.86. The second kappa shape index (κ2) is 7.15. The number of carbonyl (C=O) groups excluding carboxylic acids is 3. The highest BCUT2D eigenvalue weighted by molar-refractivity contribution is 7.18. The highest BCUT2D eigenvalue weighted by Gasteiger charge is 2.42. The van der Waals surface area contributed by atoms with Crippen LogP contribution in [0.3, 0.4) is 0 Å². The maximum atomic E-state index is 12.8. The lowest BCUT2D eigenvalue weighted by Crippen LogP contribution is -2.56. The van der Waals surface area contributed by atoms with Crippen molar-refractivity contribution in [2.75, 3.05) is 12.4 Å². The molecule has 1 aromatic rings. The van der Waals surface area contributed by atoms with E-state index in [0.29, 0.717) is 22.7 Å². The molecule has 0 spiro atoms. The van der Waals surface area contributed by atoms with E-state index in [1.54, 1.807) is 0 Å². The molecule has 7 heteroatoms. The number of carbonyl (C=O) groups is 3. The summed E-state index contributed by atoms with van der Waals surface area (Å²) in [5.74, 6) is -0.519. The predicted octanol–water partition coefficient (Wildman–Crippen LogP) is 3.01. The van der Waals surface area contributed by atoms with E-state index in [-0.39, 0.29) is 23.7 Å². The minimum absolute atomic E-state index is 0.0199. The van der Waals surface area contributed by atoms with Crippen LogP contribution in [0.1, 0.15) is 60.2 Å². The highest BCUT2D eigenvalue weighted by atomic mass is 32.1. The van der Waals surface area contributed by atoms with Crippen molar-refractivity contribution in [3.05, 3.63) is 16.5 Å². The third-order valence-corrected chi connectivity index (χ3v) is 6.11. The summed E-state index contributed by atoms with van der Waals surface area (Å²) in [5.41, 5.74) is -0.137. The van der Waals surface area contributed by atoms with Gasteiger partial charge in [-0.05, 0) is 44.2 Å². The smallest absolute Gasteiger partial charge is 0.331 e. The van der Waals surface area contributed by atoms with Crippen molar-refractivity contribution in [2.45, 2.75) is 57.4 Å². The van der Waals surface area contributed by atoms with E-state index in [0.717, 1.165) is 37.7 Å². The van der Waals surface area contributed by atoms with E-state index < -0.39 is 5.54 Å². The van der Waals surface area contributed by atoms with E-state index >= 15 is 0 Å². The van der Waals surface area contributed by atoms with Crippen LogP contribution in [0.15, 0.2) is 6.07 Å². The third-order valence-electron chi connectivity index (χ3n) is 4.95. The molecule has 0 saturated heterocycles. The molecule has 2 N–H and O–H groups in total. The van der Waals surface area contributed by atoms with Crippen molar-refractivity contribution in [3.8, 4) is 0 Å². The molecule has 0 aromatic carbocycles. The van der Waals surface area contributed by atoms with Gasteiger partial charge in [0, 0.05) is 5.92 Å². The summed E-state index contributed by atoms with van der Waals surface area (Å²) in [7, 11) is 1.35. The molecule has 3 rings (SSSR count). The summed E-state index contributed by atoms with van der Waals surface area (Å²) >= 11 is 1.25. The summed E-state index contributed by atoms with van der Waals surface area (Å²) < 4.78 is 4.94. The fourth-order valence-corrected chi connectivity index (χ4v) is 4.31. The van der Waals surface area contributed by atoms with E-state index in [1.807, 2.05) is 13.0 Å². The van der Waals surface area contributed by atoms with Crippen molar-refractivity contribution in [1.29, 1.82) is 0 Å². The van der Waals surface area contributed by atoms with Gasteiger partial charge in [-0.3, -0.25) is 9.59 Å². The fraction of sp³-hybridized carbons (Fsp3) is 0.611. The number of hydrogen-bond donors (Lipinski definition) is 2. The number of methoxy groups -OCH3 is 1. The Bertz CT molecular complexity index is 687. The molecule has 6 nitrogen and oxygen atoms in total. The van der Waals surface area contributed by atoms with Crippen LogP contribution in [0.2, 0.25) is 0 Å². The van der Waals surface area contributed by atoms with Gasteiger partial charge in [0.25, 0.3) is 5.91 Å². The molecular formula is C18H24N2O4S. The van der Waals surface area contributed by atoms with Crippen LogP contribution in [-0.2, 0) is 14.3 Å². The van der Waals surface area contributed by atoms with Gasteiger partial charge in [-0.2, -0.15) is 0 Å². The van der Waals surface area contributed by atoms with Crippen LogP contribution < -0.4 is 10.6 Å². The van der Waals surface area contributed by atoms with Crippen LogP contribution in [0.25, 0.3) is 0 Å². The number of aryl methyl sites for hydroxylation is 1. The number of amides is 2. The molecule has 0 atom stereocenters. The zero-order valence-corrected chi connectivity index (χ0v) is 15.5. The lowest BCUT2D eigenvalue weighted by molar-refractivity contribution is -0.149. The first-order valence-corrected chi connectivity index (χ1v) is 9.59. The number of hydrogen-bond acceptors (Lipinski definition) is 5. The lowest BCUT2D eigenvalue weighted by Gasteiger charge is -2.35. The Morgan fingerprint density at radius 3 is 2.48 bits per heavy atom. The average molecular weight is 364 g/mol. The summed E-state index contributed by atoms with van der Waals surface area (Å²) in [4.78, 5) is 37.5. The van der Waals surface area contributed by atoms with Gasteiger partial charge < -0.3 is 15.4 Å². The molecular weight excluding hydrogens is 340 g/mol. The van der Waals surface area contributed by atoms with Gasteiger partial charge in [0.2, 0.25) is 5.91 Å². The standard InChI is InChI=1S/C18H24N2O4S/c1-11-10-13(19-15(21)12-6-7-12)25-14(11)16(22)20-18(17(23)24-2)8-4-3-5-9-18/h10,12H,3-9H2,1-2H3,(H,19,21)(H,20,22). The number of ether oxygens (including phenoxy) is 1. The Morgan fingerprint density at radius 2 is 1.88 bits per heavy atom. The van der Waals surface area contributed by atoms with Gasteiger partial charge in [-0.25, -0.2) is 4.79 Å². The van der Waals surface area contributed by atoms with Crippen LogP contribution >= 0.6 is 11.3 Å². The monoisotopic (exact) mass is 364 g/mol. The minimum Gasteiger partial charge on any atom is -0.467 e. The minimum atomic E-state index is -0.933. The summed E-state index contributed by atoms with van der Waals surface area (Å²) in [6.45, 7) is 1.84. The molecule has 2 aliphatic carbocycles. The summed E-state index contributed by atoms with van der Waals surface area (Å²) in [6, 6.07) is 1.81. The number of nitrogens with one attached hydrogen (secondary N) is 2. The summed E-state index contributed by atoms with van der Waals surface area (Å²) in [6.07, 6.45) is 5.91. The Hall–Kier alpha value is -1.89. The van der Waals surface area contributed by atoms with Crippen LogP contribution in [0.5, 0.6) is 0 Å². The molecule has 2 fully saturated rings. The molecule has 0 aliphatic heterocycles. The molecule has 2 saturated carbocycles. The van der Waals surface area contributed by atoms with Crippen molar-refractivity contribution in [1.82, 2.24) is 5.32 Å². The molecule has 1 aromatic heterocycles.